The first-order chi connectivity index (χ1) is 13.1. The first-order valence-electron chi connectivity index (χ1n) is 9.86. The monoisotopic (exact) mass is 408 g/mol. The van der Waals surface area contributed by atoms with E-state index < -0.39 is 35.6 Å². The molecule has 0 aliphatic carbocycles. The Hall–Kier alpha value is -1.73. The summed E-state index contributed by atoms with van der Waals surface area (Å²) in [5, 5.41) is 0. The Bertz CT molecular complexity index is 764. The van der Waals surface area contributed by atoms with Crippen LogP contribution < -0.4 is 0 Å². The number of hydrogen-bond acceptors (Lipinski definition) is 4. The van der Waals surface area contributed by atoms with Gasteiger partial charge in [0.2, 0.25) is 0 Å². The van der Waals surface area contributed by atoms with Crippen molar-refractivity contribution >= 4 is 18.6 Å². The van der Waals surface area contributed by atoms with Crippen LogP contribution in [0.4, 0.5) is 8.78 Å². The van der Waals surface area contributed by atoms with Crippen molar-refractivity contribution in [1.82, 2.24) is 0 Å². The molecule has 7 heteroatoms. The molecule has 1 aliphatic rings. The van der Waals surface area contributed by atoms with Crippen molar-refractivity contribution in [2.45, 2.75) is 72.5 Å². The van der Waals surface area contributed by atoms with Crippen molar-refractivity contribution in [3.8, 4) is 0 Å². The van der Waals surface area contributed by atoms with Crippen molar-refractivity contribution in [2.24, 2.45) is 5.41 Å². The predicted octanol–water partition coefficient (Wildman–Crippen LogP) is 5.32. The predicted molar refractivity (Wildman–Crippen MR) is 110 cm³/mol. The largest absolute Gasteiger partial charge is 0.495 e. The Balaban J connectivity index is 2.81. The molecule has 2 rings (SSSR count). The lowest BCUT2D eigenvalue weighted by molar-refractivity contribution is -0.167. The third-order valence-electron chi connectivity index (χ3n) is 5.44. The van der Waals surface area contributed by atoms with E-state index in [-0.39, 0.29) is 17.7 Å². The van der Waals surface area contributed by atoms with Gasteiger partial charge in [-0.15, -0.1) is 0 Å². The van der Waals surface area contributed by atoms with Crippen LogP contribution in [0.15, 0.2) is 35.9 Å². The third kappa shape index (κ3) is 4.56. The highest BCUT2D eigenvalue weighted by Gasteiger charge is 2.57. The molecule has 1 aromatic rings. The van der Waals surface area contributed by atoms with Crippen molar-refractivity contribution < 1.29 is 27.6 Å². The number of hydrogen-bond donors (Lipinski definition) is 0. The van der Waals surface area contributed by atoms with Gasteiger partial charge in [0.15, 0.2) is 0 Å². The average Bonchev–Trinajstić information content (AvgIpc) is 2.79. The Kier molecular flexibility index (Phi) is 6.37. The molecule has 1 heterocycles. The molecule has 0 N–H and O–H groups in total. The standard InChI is InChI=1S/C22H31BF2O4/c1-9-27-18(26)22(24,25)17(19(2,3)4)16(15-13-11-10-12-14-15)23-28-20(5,6)21(7,8)29-23/h10-14H,9H2,1-8H3/b17-16+. The van der Waals surface area contributed by atoms with Crippen molar-refractivity contribution in [3.63, 3.8) is 0 Å². The molecular formula is C22H31BF2O4. The second-order valence-corrected chi connectivity index (χ2v) is 9.29. The summed E-state index contributed by atoms with van der Waals surface area (Å²) in [5.74, 6) is -5.42. The van der Waals surface area contributed by atoms with Gasteiger partial charge in [0.1, 0.15) is 0 Å². The average molecular weight is 408 g/mol. The van der Waals surface area contributed by atoms with Gasteiger partial charge in [-0.05, 0) is 51.1 Å². The van der Waals surface area contributed by atoms with E-state index in [0.717, 1.165) is 0 Å². The molecule has 29 heavy (non-hydrogen) atoms. The SMILES string of the molecule is CCOC(=O)C(F)(F)/C(=C(/B1OC(C)(C)C(C)(C)O1)c1ccccc1)C(C)(C)C. The van der Waals surface area contributed by atoms with Crippen molar-refractivity contribution in [2.75, 3.05) is 6.61 Å². The van der Waals surface area contributed by atoms with Crippen molar-refractivity contribution in [1.29, 1.82) is 0 Å². The van der Waals surface area contributed by atoms with E-state index in [0.29, 0.717) is 5.56 Å². The van der Waals surface area contributed by atoms with Crippen LogP contribution in [0.1, 0.15) is 61.0 Å². The highest BCUT2D eigenvalue weighted by atomic mass is 19.3. The summed E-state index contributed by atoms with van der Waals surface area (Å²) in [6.45, 7) is 13.7. The van der Waals surface area contributed by atoms with Crippen LogP contribution in [0.3, 0.4) is 0 Å². The molecule has 0 saturated carbocycles. The molecule has 1 fully saturated rings. The first kappa shape index (κ1) is 23.6. The first-order valence-corrected chi connectivity index (χ1v) is 9.86. The molecule has 0 spiro atoms. The summed E-state index contributed by atoms with van der Waals surface area (Å²) in [7, 11) is -1.06. The Morgan fingerprint density at radius 2 is 1.52 bits per heavy atom. The number of carbonyl (C=O) groups excluding carboxylic acids is 1. The molecule has 1 saturated heterocycles. The highest BCUT2D eigenvalue weighted by molar-refractivity contribution is 6.69. The van der Waals surface area contributed by atoms with Crippen LogP contribution in [0.5, 0.6) is 0 Å². The minimum atomic E-state index is -3.84. The van der Waals surface area contributed by atoms with Crippen LogP contribution in [0.25, 0.3) is 5.47 Å². The van der Waals surface area contributed by atoms with Gasteiger partial charge in [-0.3, -0.25) is 0 Å². The van der Waals surface area contributed by atoms with Gasteiger partial charge in [0.25, 0.3) is 0 Å². The number of alkyl halides is 2. The van der Waals surface area contributed by atoms with Crippen LogP contribution >= 0.6 is 0 Å². The summed E-state index contributed by atoms with van der Waals surface area (Å²) in [5.41, 5.74) is -2.20. The Labute approximate surface area is 172 Å². The zero-order valence-corrected chi connectivity index (χ0v) is 18.6. The van der Waals surface area contributed by atoms with Crippen LogP contribution in [0.2, 0.25) is 0 Å². The van der Waals surface area contributed by atoms with Crippen molar-refractivity contribution in [3.05, 3.63) is 41.5 Å². The fourth-order valence-corrected chi connectivity index (χ4v) is 3.34. The van der Waals surface area contributed by atoms with Gasteiger partial charge in [0, 0.05) is 5.57 Å². The number of rotatable bonds is 5. The van der Waals surface area contributed by atoms with E-state index in [1.54, 1.807) is 51.1 Å². The smallest absolute Gasteiger partial charge is 0.461 e. The van der Waals surface area contributed by atoms with E-state index in [2.05, 4.69) is 0 Å². The van der Waals surface area contributed by atoms with E-state index in [4.69, 9.17) is 14.0 Å². The van der Waals surface area contributed by atoms with Gasteiger partial charge in [-0.25, -0.2) is 4.79 Å². The summed E-state index contributed by atoms with van der Waals surface area (Å²) in [4.78, 5) is 12.3. The molecule has 4 nitrogen and oxygen atoms in total. The second-order valence-electron chi connectivity index (χ2n) is 9.29. The fourth-order valence-electron chi connectivity index (χ4n) is 3.34. The second kappa shape index (κ2) is 7.84. The quantitative estimate of drug-likeness (QED) is 0.489. The molecule has 1 aliphatic heterocycles. The maximum atomic E-state index is 15.5. The Morgan fingerprint density at radius 1 is 1.03 bits per heavy atom. The lowest BCUT2D eigenvalue weighted by Crippen LogP contribution is -2.41. The summed E-state index contributed by atoms with van der Waals surface area (Å²) < 4.78 is 48.0. The molecule has 160 valence electrons. The normalized spacial score (nSPS) is 19.7. The maximum absolute atomic E-state index is 15.5. The van der Waals surface area contributed by atoms with Gasteiger partial charge in [-0.2, -0.15) is 8.78 Å². The van der Waals surface area contributed by atoms with E-state index in [1.165, 1.54) is 6.92 Å². The molecule has 0 atom stereocenters. The molecular weight excluding hydrogens is 377 g/mol. The lowest BCUT2D eigenvalue weighted by Gasteiger charge is -2.32. The molecule has 1 aromatic carbocycles. The van der Waals surface area contributed by atoms with Gasteiger partial charge < -0.3 is 14.0 Å². The molecule has 0 aromatic heterocycles. The Morgan fingerprint density at radius 3 is 1.93 bits per heavy atom. The van der Waals surface area contributed by atoms with Gasteiger partial charge in [-0.1, -0.05) is 51.1 Å². The number of halogens is 2. The topological polar surface area (TPSA) is 44.8 Å². The minimum absolute atomic E-state index is 0.136. The number of esters is 1. The van der Waals surface area contributed by atoms with Crippen LogP contribution in [-0.4, -0.2) is 36.8 Å². The summed E-state index contributed by atoms with van der Waals surface area (Å²) >= 11 is 0. The summed E-state index contributed by atoms with van der Waals surface area (Å²) in [6.07, 6.45) is 0. The number of carbonyl (C=O) groups is 1. The zero-order valence-electron chi connectivity index (χ0n) is 18.6. The highest BCUT2D eigenvalue weighted by Crippen LogP contribution is 2.48. The number of ether oxygens (including phenoxy) is 1. The molecule has 0 bridgehead atoms. The third-order valence-corrected chi connectivity index (χ3v) is 5.44. The maximum Gasteiger partial charge on any atom is 0.495 e. The molecule has 0 radical (unpaired) electrons. The molecule has 0 amide bonds. The fraction of sp³-hybridized carbons (Fsp3) is 0.591. The number of benzene rings is 1. The van der Waals surface area contributed by atoms with E-state index >= 15 is 8.78 Å². The van der Waals surface area contributed by atoms with Gasteiger partial charge >= 0.3 is 19.0 Å². The van der Waals surface area contributed by atoms with Gasteiger partial charge in [0.05, 0.1) is 17.8 Å². The summed E-state index contributed by atoms with van der Waals surface area (Å²) in [6, 6.07) is 8.74. The van der Waals surface area contributed by atoms with E-state index in [9.17, 15) is 4.79 Å². The lowest BCUT2D eigenvalue weighted by atomic mass is 9.64. The molecule has 0 unspecified atom stereocenters. The minimum Gasteiger partial charge on any atom is -0.461 e. The van der Waals surface area contributed by atoms with E-state index in [1.807, 2.05) is 27.7 Å². The van der Waals surface area contributed by atoms with Crippen LogP contribution in [0, 0.1) is 5.41 Å². The van der Waals surface area contributed by atoms with Crippen LogP contribution in [-0.2, 0) is 18.8 Å². The zero-order chi connectivity index (χ0) is 22.3.